The number of nitrogens with zero attached hydrogens (tertiary/aromatic N) is 3. The third-order valence-electron chi connectivity index (χ3n) is 3.08. The average Bonchev–Trinajstić information content (AvgIpc) is 2.41. The molecule has 7 heteroatoms. The fourth-order valence-electron chi connectivity index (χ4n) is 2.17. The van der Waals surface area contributed by atoms with Gasteiger partial charge < -0.3 is 16.0 Å². The topological polar surface area (TPSA) is 101 Å². The van der Waals surface area contributed by atoms with Crippen molar-refractivity contribution in [2.75, 3.05) is 18.8 Å². The van der Waals surface area contributed by atoms with Gasteiger partial charge in [0.05, 0.1) is 0 Å². The summed E-state index contributed by atoms with van der Waals surface area (Å²) < 4.78 is 0. The maximum Gasteiger partial charge on any atom is 0.277 e. The van der Waals surface area contributed by atoms with Crippen molar-refractivity contribution in [1.29, 1.82) is 0 Å². The van der Waals surface area contributed by atoms with Gasteiger partial charge in [0.1, 0.15) is 6.04 Å². The van der Waals surface area contributed by atoms with Crippen LogP contribution in [-0.4, -0.2) is 45.8 Å². The van der Waals surface area contributed by atoms with E-state index < -0.39 is 6.04 Å². The first kappa shape index (κ1) is 13.3. The quantitative estimate of drug-likeness (QED) is 0.786. The molecule has 1 aromatic rings. The van der Waals surface area contributed by atoms with Crippen molar-refractivity contribution in [1.82, 2.24) is 20.2 Å². The number of hydrogen-bond acceptors (Lipinski definition) is 5. The molecule has 1 fully saturated rings. The Balaban J connectivity index is 2.25. The molecule has 102 valence electrons. The van der Waals surface area contributed by atoms with Crippen molar-refractivity contribution < 1.29 is 9.59 Å². The summed E-state index contributed by atoms with van der Waals surface area (Å²) in [6.07, 6.45) is 4.29. The van der Waals surface area contributed by atoms with Gasteiger partial charge in [0, 0.05) is 25.5 Å². The summed E-state index contributed by atoms with van der Waals surface area (Å²) in [6, 6.07) is -0.451. The first-order valence-electron chi connectivity index (χ1n) is 6.30. The van der Waals surface area contributed by atoms with Crippen LogP contribution in [0.4, 0.5) is 5.82 Å². The van der Waals surface area contributed by atoms with E-state index in [1.807, 2.05) is 6.92 Å². The largest absolute Gasteiger partial charge is 0.382 e. The number of aromatic nitrogens is 2. The number of carbonyl (C=O) groups excluding carboxylic acids is 2. The van der Waals surface area contributed by atoms with Gasteiger partial charge in [-0.3, -0.25) is 9.59 Å². The smallest absolute Gasteiger partial charge is 0.277 e. The summed E-state index contributed by atoms with van der Waals surface area (Å²) in [5.41, 5.74) is 5.77. The molecule has 0 radical (unpaired) electrons. The van der Waals surface area contributed by atoms with Crippen LogP contribution in [0, 0.1) is 0 Å². The Morgan fingerprint density at radius 3 is 2.95 bits per heavy atom. The highest BCUT2D eigenvalue weighted by Gasteiger charge is 2.34. The highest BCUT2D eigenvalue weighted by molar-refractivity contribution is 5.99. The maximum atomic E-state index is 12.4. The van der Waals surface area contributed by atoms with Crippen molar-refractivity contribution in [3.05, 3.63) is 18.1 Å². The number of nitrogen functional groups attached to an aromatic ring is 1. The first-order valence-corrected chi connectivity index (χ1v) is 6.30. The molecule has 7 nitrogen and oxygen atoms in total. The highest BCUT2D eigenvalue weighted by atomic mass is 16.2. The van der Waals surface area contributed by atoms with Crippen molar-refractivity contribution in [2.45, 2.75) is 25.8 Å². The van der Waals surface area contributed by atoms with Gasteiger partial charge in [-0.2, -0.15) is 0 Å². The van der Waals surface area contributed by atoms with Gasteiger partial charge in [0.15, 0.2) is 11.5 Å². The maximum absolute atomic E-state index is 12.4. The number of nitrogens with two attached hydrogens (primary N) is 1. The minimum absolute atomic E-state index is 0.0914. The molecular formula is C12H17N5O2. The van der Waals surface area contributed by atoms with Gasteiger partial charge in [0.25, 0.3) is 5.91 Å². The zero-order valence-corrected chi connectivity index (χ0v) is 10.8. The number of amides is 2. The SMILES string of the molecule is CCCC1C(=O)NCCN1C(=O)c1nccnc1N. The summed E-state index contributed by atoms with van der Waals surface area (Å²) in [7, 11) is 0. The molecule has 2 rings (SSSR count). The van der Waals surface area contributed by atoms with E-state index in [-0.39, 0.29) is 23.3 Å². The molecule has 2 amide bonds. The monoisotopic (exact) mass is 263 g/mol. The molecule has 19 heavy (non-hydrogen) atoms. The van der Waals surface area contributed by atoms with Gasteiger partial charge in [0.2, 0.25) is 5.91 Å². The Morgan fingerprint density at radius 2 is 2.26 bits per heavy atom. The van der Waals surface area contributed by atoms with Crippen molar-refractivity contribution in [3.8, 4) is 0 Å². The van der Waals surface area contributed by atoms with E-state index in [4.69, 9.17) is 5.73 Å². The zero-order valence-electron chi connectivity index (χ0n) is 10.8. The van der Waals surface area contributed by atoms with Crippen molar-refractivity contribution >= 4 is 17.6 Å². The lowest BCUT2D eigenvalue weighted by atomic mass is 10.1. The van der Waals surface area contributed by atoms with Gasteiger partial charge in [-0.15, -0.1) is 0 Å². The molecule has 1 aromatic heterocycles. The lowest BCUT2D eigenvalue weighted by Gasteiger charge is -2.34. The van der Waals surface area contributed by atoms with Crippen LogP contribution in [0.3, 0.4) is 0 Å². The minimum Gasteiger partial charge on any atom is -0.382 e. The molecule has 1 aliphatic rings. The lowest BCUT2D eigenvalue weighted by molar-refractivity contribution is -0.128. The van der Waals surface area contributed by atoms with Gasteiger partial charge >= 0.3 is 0 Å². The van der Waals surface area contributed by atoms with E-state index in [2.05, 4.69) is 15.3 Å². The predicted octanol–water partition coefficient (Wildman–Crippen LogP) is -0.200. The number of carbonyl (C=O) groups is 2. The van der Waals surface area contributed by atoms with Crippen LogP contribution >= 0.6 is 0 Å². The molecule has 0 saturated carbocycles. The van der Waals surface area contributed by atoms with Crippen molar-refractivity contribution in [3.63, 3.8) is 0 Å². The zero-order chi connectivity index (χ0) is 13.8. The molecule has 0 bridgehead atoms. The van der Waals surface area contributed by atoms with Crippen LogP contribution in [-0.2, 0) is 4.79 Å². The summed E-state index contributed by atoms with van der Waals surface area (Å²) >= 11 is 0. The molecule has 0 spiro atoms. The third kappa shape index (κ3) is 2.64. The summed E-state index contributed by atoms with van der Waals surface area (Å²) in [5, 5.41) is 2.77. The standard InChI is InChI=1S/C12H17N5O2/c1-2-3-8-11(18)16-6-7-17(8)12(19)9-10(13)15-5-4-14-9/h4-5,8H,2-3,6-7H2,1H3,(H2,13,15)(H,16,18). The fraction of sp³-hybridized carbons (Fsp3) is 0.500. The first-order chi connectivity index (χ1) is 9.15. The normalized spacial score (nSPS) is 19.1. The number of hydrogen-bond donors (Lipinski definition) is 2. The molecule has 1 aliphatic heterocycles. The highest BCUT2D eigenvalue weighted by Crippen LogP contribution is 2.16. The molecule has 0 aromatic carbocycles. The fourth-order valence-corrected chi connectivity index (χ4v) is 2.17. The second-order valence-corrected chi connectivity index (χ2v) is 4.38. The van der Waals surface area contributed by atoms with Crippen LogP contribution in [0.2, 0.25) is 0 Å². The van der Waals surface area contributed by atoms with E-state index in [0.29, 0.717) is 19.5 Å². The second-order valence-electron chi connectivity index (χ2n) is 4.38. The number of nitrogens with one attached hydrogen (secondary N) is 1. The van der Waals surface area contributed by atoms with Crippen molar-refractivity contribution in [2.24, 2.45) is 0 Å². The lowest BCUT2D eigenvalue weighted by Crippen LogP contribution is -2.57. The van der Waals surface area contributed by atoms with E-state index >= 15 is 0 Å². The number of anilines is 1. The average molecular weight is 263 g/mol. The predicted molar refractivity (Wildman–Crippen MR) is 69.2 cm³/mol. The Hall–Kier alpha value is -2.18. The minimum atomic E-state index is -0.451. The van der Waals surface area contributed by atoms with Gasteiger partial charge in [-0.1, -0.05) is 13.3 Å². The Labute approximate surface area is 111 Å². The molecular weight excluding hydrogens is 246 g/mol. The summed E-state index contributed by atoms with van der Waals surface area (Å²) in [6.45, 7) is 2.89. The van der Waals surface area contributed by atoms with E-state index in [9.17, 15) is 9.59 Å². The summed E-state index contributed by atoms with van der Waals surface area (Å²) in [5.74, 6) is -0.364. The van der Waals surface area contributed by atoms with Crippen LogP contribution in [0.5, 0.6) is 0 Å². The number of rotatable bonds is 3. The van der Waals surface area contributed by atoms with Crippen LogP contribution < -0.4 is 11.1 Å². The van der Waals surface area contributed by atoms with Crippen LogP contribution in [0.25, 0.3) is 0 Å². The van der Waals surface area contributed by atoms with Gasteiger partial charge in [-0.25, -0.2) is 9.97 Å². The van der Waals surface area contributed by atoms with E-state index in [1.165, 1.54) is 17.3 Å². The summed E-state index contributed by atoms with van der Waals surface area (Å²) in [4.78, 5) is 33.6. The molecule has 2 heterocycles. The van der Waals surface area contributed by atoms with Crippen LogP contribution in [0.15, 0.2) is 12.4 Å². The molecule has 1 saturated heterocycles. The van der Waals surface area contributed by atoms with Gasteiger partial charge in [-0.05, 0) is 6.42 Å². The Kier molecular flexibility index (Phi) is 3.94. The van der Waals surface area contributed by atoms with E-state index in [0.717, 1.165) is 6.42 Å². The Bertz CT molecular complexity index is 491. The van der Waals surface area contributed by atoms with Crippen LogP contribution in [0.1, 0.15) is 30.3 Å². The third-order valence-corrected chi connectivity index (χ3v) is 3.08. The molecule has 3 N–H and O–H groups in total. The Morgan fingerprint density at radius 1 is 1.53 bits per heavy atom. The molecule has 1 atom stereocenters. The molecule has 1 unspecified atom stereocenters. The number of piperazine rings is 1. The second kappa shape index (κ2) is 5.64. The van der Waals surface area contributed by atoms with E-state index in [1.54, 1.807) is 0 Å². The molecule has 0 aliphatic carbocycles.